The van der Waals surface area contributed by atoms with Gasteiger partial charge in [-0.15, -0.1) is 0 Å². The fourth-order valence-corrected chi connectivity index (χ4v) is 2.14. The summed E-state index contributed by atoms with van der Waals surface area (Å²) in [5.74, 6) is 0.152. The molecular formula is C11H25NO3S. The molecule has 0 aliphatic carbocycles. The molecule has 0 amide bonds. The van der Waals surface area contributed by atoms with Gasteiger partial charge in [0.15, 0.2) is 9.84 Å². The summed E-state index contributed by atoms with van der Waals surface area (Å²) < 4.78 is 22.7. The Hall–Kier alpha value is -0.130. The second kappa shape index (κ2) is 6.57. The molecule has 0 fully saturated rings. The van der Waals surface area contributed by atoms with Gasteiger partial charge in [0, 0.05) is 6.54 Å². The molecule has 0 heterocycles. The molecule has 0 aliphatic heterocycles. The van der Waals surface area contributed by atoms with E-state index in [1.165, 1.54) is 0 Å². The highest BCUT2D eigenvalue weighted by molar-refractivity contribution is 7.92. The van der Waals surface area contributed by atoms with E-state index in [1.54, 1.807) is 20.8 Å². The Morgan fingerprint density at radius 3 is 2.25 bits per heavy atom. The van der Waals surface area contributed by atoms with E-state index < -0.39 is 14.6 Å². The van der Waals surface area contributed by atoms with Crippen molar-refractivity contribution >= 4 is 9.84 Å². The summed E-state index contributed by atoms with van der Waals surface area (Å²) in [5.41, 5.74) is 0. The van der Waals surface area contributed by atoms with Gasteiger partial charge in [-0.2, -0.15) is 0 Å². The summed E-state index contributed by atoms with van der Waals surface area (Å²) >= 11 is 0. The summed E-state index contributed by atoms with van der Waals surface area (Å²) in [7, 11) is -3.03. The van der Waals surface area contributed by atoms with Crippen LogP contribution in [0.25, 0.3) is 0 Å². The molecular weight excluding hydrogens is 226 g/mol. The Labute approximate surface area is 99.4 Å². The van der Waals surface area contributed by atoms with Crippen molar-refractivity contribution in [3.8, 4) is 0 Å². The van der Waals surface area contributed by atoms with E-state index in [9.17, 15) is 13.5 Å². The Kier molecular flexibility index (Phi) is 6.51. The minimum absolute atomic E-state index is 0.152. The van der Waals surface area contributed by atoms with E-state index in [-0.39, 0.29) is 11.9 Å². The molecule has 0 aromatic heterocycles. The van der Waals surface area contributed by atoms with Crippen molar-refractivity contribution in [1.82, 2.24) is 5.32 Å². The molecule has 0 aliphatic rings. The SMILES string of the molecule is CCC(O)CCNCCS(=O)(=O)C(C)(C)C. The molecule has 16 heavy (non-hydrogen) atoms. The average Bonchev–Trinajstić information content (AvgIpc) is 2.15. The average molecular weight is 251 g/mol. The van der Waals surface area contributed by atoms with Crippen molar-refractivity contribution in [2.24, 2.45) is 0 Å². The lowest BCUT2D eigenvalue weighted by atomic mass is 10.2. The van der Waals surface area contributed by atoms with Gasteiger partial charge >= 0.3 is 0 Å². The van der Waals surface area contributed by atoms with Crippen LogP contribution in [0.1, 0.15) is 40.5 Å². The van der Waals surface area contributed by atoms with Crippen molar-refractivity contribution in [1.29, 1.82) is 0 Å². The van der Waals surface area contributed by atoms with Crippen molar-refractivity contribution < 1.29 is 13.5 Å². The summed E-state index contributed by atoms with van der Waals surface area (Å²) in [5, 5.41) is 12.3. The second-order valence-corrected chi connectivity index (χ2v) is 7.89. The van der Waals surface area contributed by atoms with Crippen molar-refractivity contribution in [3.05, 3.63) is 0 Å². The summed E-state index contributed by atoms with van der Waals surface area (Å²) in [6.45, 7) is 8.18. The molecule has 1 atom stereocenters. The minimum Gasteiger partial charge on any atom is -0.393 e. The van der Waals surface area contributed by atoms with Crippen molar-refractivity contribution in [3.63, 3.8) is 0 Å². The highest BCUT2D eigenvalue weighted by atomic mass is 32.2. The standard InChI is InChI=1S/C11H25NO3S/c1-5-10(13)6-7-12-8-9-16(14,15)11(2,3)4/h10,12-13H,5-9H2,1-4H3. The molecule has 0 saturated heterocycles. The van der Waals surface area contributed by atoms with Crippen LogP contribution < -0.4 is 5.32 Å². The first-order valence-corrected chi connectivity index (χ1v) is 7.47. The number of hydrogen-bond acceptors (Lipinski definition) is 4. The minimum atomic E-state index is -3.03. The topological polar surface area (TPSA) is 66.4 Å². The second-order valence-electron chi connectivity index (χ2n) is 5.03. The summed E-state index contributed by atoms with van der Waals surface area (Å²) in [6, 6.07) is 0. The van der Waals surface area contributed by atoms with Gasteiger partial charge in [0.25, 0.3) is 0 Å². The first-order valence-electron chi connectivity index (χ1n) is 5.82. The number of aliphatic hydroxyl groups excluding tert-OH is 1. The Bertz CT molecular complexity index is 280. The third-order valence-electron chi connectivity index (χ3n) is 2.61. The molecule has 2 N–H and O–H groups in total. The van der Waals surface area contributed by atoms with Crippen LogP contribution in [-0.4, -0.2) is 43.2 Å². The van der Waals surface area contributed by atoms with Crippen molar-refractivity contribution in [2.75, 3.05) is 18.8 Å². The zero-order valence-corrected chi connectivity index (χ0v) is 11.6. The maximum Gasteiger partial charge on any atom is 0.156 e. The third kappa shape index (κ3) is 5.82. The van der Waals surface area contributed by atoms with E-state index in [4.69, 9.17) is 0 Å². The van der Waals surface area contributed by atoms with Crippen LogP contribution in [0.15, 0.2) is 0 Å². The van der Waals surface area contributed by atoms with Gasteiger partial charge in [-0.25, -0.2) is 8.42 Å². The number of sulfone groups is 1. The molecule has 0 aromatic carbocycles. The predicted molar refractivity (Wildman–Crippen MR) is 67.3 cm³/mol. The Balaban J connectivity index is 3.76. The van der Waals surface area contributed by atoms with E-state index in [0.717, 1.165) is 6.42 Å². The number of rotatable bonds is 7. The number of aliphatic hydroxyl groups is 1. The van der Waals surface area contributed by atoms with Gasteiger partial charge in [0.05, 0.1) is 16.6 Å². The molecule has 1 unspecified atom stereocenters. The number of nitrogens with one attached hydrogen (secondary N) is 1. The van der Waals surface area contributed by atoms with Crippen LogP contribution in [0.3, 0.4) is 0 Å². The molecule has 0 spiro atoms. The first-order chi connectivity index (χ1) is 7.20. The maximum atomic E-state index is 11.7. The van der Waals surface area contributed by atoms with E-state index in [2.05, 4.69) is 5.32 Å². The van der Waals surface area contributed by atoms with Crippen LogP contribution in [0.4, 0.5) is 0 Å². The lowest BCUT2D eigenvalue weighted by Crippen LogP contribution is -2.35. The van der Waals surface area contributed by atoms with Gasteiger partial charge in [-0.3, -0.25) is 0 Å². The zero-order valence-electron chi connectivity index (χ0n) is 10.8. The summed E-state index contributed by atoms with van der Waals surface area (Å²) in [4.78, 5) is 0. The summed E-state index contributed by atoms with van der Waals surface area (Å²) in [6.07, 6.45) is 1.13. The Morgan fingerprint density at radius 2 is 1.81 bits per heavy atom. The third-order valence-corrected chi connectivity index (χ3v) is 5.21. The van der Waals surface area contributed by atoms with Gasteiger partial charge in [-0.05, 0) is 40.2 Å². The van der Waals surface area contributed by atoms with Crippen LogP contribution >= 0.6 is 0 Å². The quantitative estimate of drug-likeness (QED) is 0.661. The molecule has 0 saturated carbocycles. The van der Waals surface area contributed by atoms with E-state index in [0.29, 0.717) is 19.5 Å². The fourth-order valence-electron chi connectivity index (χ4n) is 1.11. The van der Waals surface area contributed by atoms with E-state index >= 15 is 0 Å². The molecule has 0 radical (unpaired) electrons. The molecule has 0 rings (SSSR count). The maximum absolute atomic E-state index is 11.7. The molecule has 5 heteroatoms. The van der Waals surface area contributed by atoms with Gasteiger partial charge < -0.3 is 10.4 Å². The normalized spacial score (nSPS) is 15.1. The molecule has 0 bridgehead atoms. The largest absolute Gasteiger partial charge is 0.393 e. The van der Waals surface area contributed by atoms with Crippen LogP contribution in [0.2, 0.25) is 0 Å². The van der Waals surface area contributed by atoms with Gasteiger partial charge in [0.1, 0.15) is 0 Å². The van der Waals surface area contributed by atoms with Crippen LogP contribution in [-0.2, 0) is 9.84 Å². The van der Waals surface area contributed by atoms with E-state index in [1.807, 2.05) is 6.92 Å². The van der Waals surface area contributed by atoms with Crippen LogP contribution in [0, 0.1) is 0 Å². The van der Waals surface area contributed by atoms with Crippen LogP contribution in [0.5, 0.6) is 0 Å². The first kappa shape index (κ1) is 15.9. The molecule has 0 aromatic rings. The number of hydrogen-bond donors (Lipinski definition) is 2. The lowest BCUT2D eigenvalue weighted by Gasteiger charge is -2.19. The molecule has 4 nitrogen and oxygen atoms in total. The zero-order chi connectivity index (χ0) is 12.8. The highest BCUT2D eigenvalue weighted by Gasteiger charge is 2.27. The fraction of sp³-hybridized carbons (Fsp3) is 1.00. The molecule has 98 valence electrons. The van der Waals surface area contributed by atoms with Crippen molar-refractivity contribution in [2.45, 2.75) is 51.4 Å². The Morgan fingerprint density at radius 1 is 1.25 bits per heavy atom. The van der Waals surface area contributed by atoms with Gasteiger partial charge in [0.2, 0.25) is 0 Å². The monoisotopic (exact) mass is 251 g/mol. The lowest BCUT2D eigenvalue weighted by molar-refractivity contribution is 0.160. The smallest absolute Gasteiger partial charge is 0.156 e. The van der Waals surface area contributed by atoms with Gasteiger partial charge in [-0.1, -0.05) is 6.92 Å². The predicted octanol–water partition coefficient (Wildman–Crippen LogP) is 0.950. The highest BCUT2D eigenvalue weighted by Crippen LogP contribution is 2.15.